The van der Waals surface area contributed by atoms with Crippen molar-refractivity contribution in [3.8, 4) is 0 Å². The van der Waals surface area contributed by atoms with Gasteiger partial charge in [0, 0.05) is 18.3 Å². The highest BCUT2D eigenvalue weighted by Crippen LogP contribution is 2.33. The van der Waals surface area contributed by atoms with Gasteiger partial charge >= 0.3 is 6.18 Å². The van der Waals surface area contributed by atoms with Gasteiger partial charge in [-0.25, -0.2) is 8.42 Å². The molecule has 2 saturated heterocycles. The second-order valence-corrected chi connectivity index (χ2v) is 11.2. The Hall–Kier alpha value is -3.32. The number of hydrogen-bond donors (Lipinski definition) is 1. The Kier molecular flexibility index (Phi) is 7.88. The average Bonchev–Trinajstić information content (AvgIpc) is 3.45. The summed E-state index contributed by atoms with van der Waals surface area (Å²) in [4.78, 5) is 44.5. The summed E-state index contributed by atoms with van der Waals surface area (Å²) >= 11 is 0. The Morgan fingerprint density at radius 3 is 2.47 bits per heavy atom. The Morgan fingerprint density at radius 2 is 1.87 bits per heavy atom. The molecule has 4 rings (SSSR count). The summed E-state index contributed by atoms with van der Waals surface area (Å²) in [5.74, 6) is -2.04. The molecule has 2 aromatic rings. The highest BCUT2D eigenvalue weighted by molar-refractivity contribution is 7.88. The molecular formula is C25H27F3N4O5S. The van der Waals surface area contributed by atoms with Crippen molar-refractivity contribution in [2.45, 2.75) is 56.2 Å². The number of halogens is 3. The van der Waals surface area contributed by atoms with Gasteiger partial charge in [0.1, 0.15) is 17.8 Å². The molecule has 13 heteroatoms. The molecule has 38 heavy (non-hydrogen) atoms. The van der Waals surface area contributed by atoms with Crippen LogP contribution in [0.4, 0.5) is 13.2 Å². The Labute approximate surface area is 218 Å². The first-order valence-corrected chi connectivity index (χ1v) is 13.7. The molecule has 204 valence electrons. The minimum atomic E-state index is -4.55. The summed E-state index contributed by atoms with van der Waals surface area (Å²) in [6.45, 7) is 1.57. The lowest BCUT2D eigenvalue weighted by Crippen LogP contribution is -2.52. The SMILES string of the molecule is CCCC(NC(=O)c1ccc(C(F)(F)F)cc1)C(=O)N1CCC2C1C(=O)CN2S(=O)(=O)Cc1ccccn1. The zero-order chi connectivity index (χ0) is 27.7. The number of nitrogens with zero attached hydrogens (tertiary/aromatic N) is 3. The molecule has 9 nitrogen and oxygen atoms in total. The molecule has 3 unspecified atom stereocenters. The third kappa shape index (κ3) is 5.73. The van der Waals surface area contributed by atoms with Crippen LogP contribution in [0.15, 0.2) is 48.7 Å². The number of alkyl halides is 3. The number of carbonyl (C=O) groups is 3. The maximum atomic E-state index is 13.5. The van der Waals surface area contributed by atoms with Gasteiger partial charge in [-0.3, -0.25) is 19.4 Å². The van der Waals surface area contributed by atoms with Gasteiger partial charge in [-0.1, -0.05) is 19.4 Å². The summed E-state index contributed by atoms with van der Waals surface area (Å²) in [6.07, 6.45) is -2.07. The number of carbonyl (C=O) groups excluding carboxylic acids is 3. The van der Waals surface area contributed by atoms with Crippen molar-refractivity contribution >= 4 is 27.6 Å². The van der Waals surface area contributed by atoms with Crippen molar-refractivity contribution < 1.29 is 36.0 Å². The van der Waals surface area contributed by atoms with Gasteiger partial charge in [-0.15, -0.1) is 0 Å². The van der Waals surface area contributed by atoms with Gasteiger partial charge in [0.25, 0.3) is 5.91 Å². The zero-order valence-electron chi connectivity index (χ0n) is 20.5. The van der Waals surface area contributed by atoms with Crippen molar-refractivity contribution in [1.29, 1.82) is 0 Å². The van der Waals surface area contributed by atoms with Gasteiger partial charge in [0.15, 0.2) is 5.78 Å². The number of nitrogens with one attached hydrogen (secondary N) is 1. The van der Waals surface area contributed by atoms with E-state index in [2.05, 4.69) is 10.3 Å². The van der Waals surface area contributed by atoms with E-state index in [1.54, 1.807) is 25.1 Å². The quantitative estimate of drug-likeness (QED) is 0.538. The first kappa shape index (κ1) is 27.7. The minimum Gasteiger partial charge on any atom is -0.340 e. The van der Waals surface area contributed by atoms with Crippen LogP contribution in [-0.2, 0) is 31.5 Å². The molecule has 3 heterocycles. The molecule has 0 saturated carbocycles. The average molecular weight is 553 g/mol. The number of rotatable bonds is 8. The van der Waals surface area contributed by atoms with E-state index < -0.39 is 57.5 Å². The van der Waals surface area contributed by atoms with E-state index in [0.717, 1.165) is 28.6 Å². The van der Waals surface area contributed by atoms with E-state index in [-0.39, 0.29) is 37.2 Å². The molecule has 0 spiro atoms. The lowest BCUT2D eigenvalue weighted by atomic mass is 10.1. The summed E-state index contributed by atoms with van der Waals surface area (Å²) in [6, 6.07) is 5.82. The number of amides is 2. The fourth-order valence-corrected chi connectivity index (χ4v) is 6.60. The highest BCUT2D eigenvalue weighted by atomic mass is 32.2. The van der Waals surface area contributed by atoms with Gasteiger partial charge in [-0.05, 0) is 49.2 Å². The number of aromatic nitrogens is 1. The standard InChI is InChI=1S/C25H27F3N4O5S/c1-2-5-19(30-23(34)16-7-9-17(10-8-16)25(26,27)28)24(35)31-13-11-20-22(31)21(33)14-32(20)38(36,37)15-18-6-3-4-12-29-18/h3-4,6-10,12,19-20,22H,2,5,11,13-15H2,1H3,(H,30,34). The van der Waals surface area contributed by atoms with Crippen molar-refractivity contribution in [3.63, 3.8) is 0 Å². The molecule has 1 aromatic heterocycles. The predicted octanol–water partition coefficient (Wildman–Crippen LogP) is 2.38. The fourth-order valence-electron chi connectivity index (χ4n) is 4.93. The van der Waals surface area contributed by atoms with Crippen LogP contribution in [0.2, 0.25) is 0 Å². The van der Waals surface area contributed by atoms with Crippen molar-refractivity contribution in [2.24, 2.45) is 0 Å². The molecule has 2 fully saturated rings. The minimum absolute atomic E-state index is 0.0464. The summed E-state index contributed by atoms with van der Waals surface area (Å²) in [5, 5.41) is 2.58. The molecular weight excluding hydrogens is 525 g/mol. The third-order valence-corrected chi connectivity index (χ3v) is 8.50. The lowest BCUT2D eigenvalue weighted by Gasteiger charge is -2.28. The van der Waals surface area contributed by atoms with Crippen molar-refractivity contribution in [3.05, 3.63) is 65.5 Å². The Balaban J connectivity index is 1.47. The summed E-state index contributed by atoms with van der Waals surface area (Å²) < 4.78 is 65.8. The normalized spacial score (nSPS) is 20.8. The van der Waals surface area contributed by atoms with Crippen LogP contribution in [0.25, 0.3) is 0 Å². The molecule has 1 aromatic carbocycles. The van der Waals surface area contributed by atoms with E-state index in [9.17, 15) is 36.0 Å². The number of hydrogen-bond acceptors (Lipinski definition) is 6. The van der Waals surface area contributed by atoms with Crippen LogP contribution in [0.1, 0.15) is 47.8 Å². The topological polar surface area (TPSA) is 117 Å². The van der Waals surface area contributed by atoms with Crippen molar-refractivity contribution in [2.75, 3.05) is 13.1 Å². The monoisotopic (exact) mass is 552 g/mol. The second kappa shape index (κ2) is 10.8. The Morgan fingerprint density at radius 1 is 1.16 bits per heavy atom. The van der Waals surface area contributed by atoms with Crippen LogP contribution < -0.4 is 5.32 Å². The molecule has 2 aliphatic rings. The molecule has 2 amide bonds. The number of fused-ring (bicyclic) bond motifs is 1. The van der Waals surface area contributed by atoms with E-state index >= 15 is 0 Å². The molecule has 2 aliphatic heterocycles. The molecule has 0 radical (unpaired) electrons. The zero-order valence-corrected chi connectivity index (χ0v) is 21.3. The number of Topliss-reactive ketones (excluding diaryl/α,β-unsaturated/α-hetero) is 1. The number of likely N-dealkylation sites (tertiary alicyclic amines) is 1. The van der Waals surface area contributed by atoms with Gasteiger partial charge in [0.2, 0.25) is 15.9 Å². The largest absolute Gasteiger partial charge is 0.416 e. The third-order valence-electron chi connectivity index (χ3n) is 6.73. The van der Waals surface area contributed by atoms with E-state index in [1.165, 1.54) is 11.1 Å². The summed E-state index contributed by atoms with van der Waals surface area (Å²) in [7, 11) is -3.89. The van der Waals surface area contributed by atoms with Crippen LogP contribution in [0, 0.1) is 0 Å². The maximum Gasteiger partial charge on any atom is 0.416 e. The van der Waals surface area contributed by atoms with Gasteiger partial charge in [0.05, 0.1) is 23.8 Å². The van der Waals surface area contributed by atoms with E-state index in [4.69, 9.17) is 0 Å². The number of sulfonamides is 1. The van der Waals surface area contributed by atoms with Crippen LogP contribution >= 0.6 is 0 Å². The predicted molar refractivity (Wildman–Crippen MR) is 130 cm³/mol. The van der Waals surface area contributed by atoms with E-state index in [0.29, 0.717) is 12.1 Å². The molecule has 0 bridgehead atoms. The Bertz CT molecular complexity index is 1300. The lowest BCUT2D eigenvalue weighted by molar-refractivity contribution is -0.138. The number of ketones is 1. The fraction of sp³-hybridized carbons (Fsp3) is 0.440. The summed E-state index contributed by atoms with van der Waals surface area (Å²) in [5.41, 5.74) is -0.612. The van der Waals surface area contributed by atoms with Crippen LogP contribution in [-0.4, -0.2) is 71.4 Å². The number of benzene rings is 1. The van der Waals surface area contributed by atoms with Crippen LogP contribution in [0.3, 0.4) is 0 Å². The maximum absolute atomic E-state index is 13.5. The number of pyridine rings is 1. The smallest absolute Gasteiger partial charge is 0.340 e. The van der Waals surface area contributed by atoms with Crippen molar-refractivity contribution in [1.82, 2.24) is 19.5 Å². The van der Waals surface area contributed by atoms with E-state index in [1.807, 2.05) is 0 Å². The second-order valence-electron chi connectivity index (χ2n) is 9.31. The first-order valence-electron chi connectivity index (χ1n) is 12.1. The van der Waals surface area contributed by atoms with Gasteiger partial charge in [-0.2, -0.15) is 17.5 Å². The highest BCUT2D eigenvalue weighted by Gasteiger charge is 2.54. The van der Waals surface area contributed by atoms with Crippen LogP contribution in [0.5, 0.6) is 0 Å². The molecule has 0 aliphatic carbocycles. The first-order chi connectivity index (χ1) is 17.9. The molecule has 3 atom stereocenters. The van der Waals surface area contributed by atoms with Gasteiger partial charge < -0.3 is 10.2 Å². The molecule has 1 N–H and O–H groups in total.